The van der Waals surface area contributed by atoms with Crippen molar-refractivity contribution in [1.29, 1.82) is 31.6 Å². The van der Waals surface area contributed by atoms with E-state index in [1.165, 1.54) is 66.7 Å². The summed E-state index contributed by atoms with van der Waals surface area (Å²) in [6, 6.07) is 51.2. The average Bonchev–Trinajstić information content (AvgIpc) is 1.56. The minimum absolute atomic E-state index is 0.00316. The van der Waals surface area contributed by atoms with E-state index in [-0.39, 0.29) is 118 Å². The second-order valence-electron chi connectivity index (χ2n) is 20.6. The fourth-order valence-corrected chi connectivity index (χ4v) is 12.0. The van der Waals surface area contributed by atoms with Crippen LogP contribution in [0.5, 0.6) is 0 Å². The van der Waals surface area contributed by atoms with Crippen molar-refractivity contribution >= 4 is 83.4 Å². The normalized spacial score (nSPS) is 10.6. The highest BCUT2D eigenvalue weighted by Crippen LogP contribution is 2.50. The Morgan fingerprint density at radius 2 is 0.707 bits per heavy atom. The maximum absolute atomic E-state index is 15.5. The third-order valence-corrected chi connectivity index (χ3v) is 15.8. The summed E-state index contributed by atoms with van der Waals surface area (Å²) in [5.74, 6) is 0. The lowest BCUT2D eigenvalue weighted by molar-refractivity contribution is -0.137. The number of rotatable bonds is 7. The van der Waals surface area contributed by atoms with E-state index < -0.39 is 11.7 Å². The van der Waals surface area contributed by atoms with Crippen LogP contribution >= 0.6 is 0 Å². The zero-order valence-electron chi connectivity index (χ0n) is 46.9. The zero-order chi connectivity index (χ0) is 64.9. The standard InChI is InChI=1S/C74H26F3N15/c1-84-51-25-48(38-82)71(62(32-51)89-6)44-12-17-65-55(28-44)54-27-42(69-46(36-80)21-40(34-78)23-60(69)87-4)11-16-64(54)91(65)66-20-15-50(74(75,76)77)31-58(66)53-9-8-10-59(86-3)73(53)92-67-18-13-43(70-47(37-81)22-41(35-79)24-61(70)88-5)29-56(67)57-30-45(14-19-68(57)92)72-49(39-83)26-52(85-2)33-63(72)90-7/h8-33H. The van der Waals surface area contributed by atoms with Crippen LogP contribution in [0.15, 0.2) is 158 Å². The van der Waals surface area contributed by atoms with E-state index in [0.717, 1.165) is 12.1 Å². The van der Waals surface area contributed by atoms with Gasteiger partial charge in [-0.25, -0.2) is 33.9 Å². The lowest BCUT2D eigenvalue weighted by Crippen LogP contribution is -2.08. The maximum atomic E-state index is 15.5. The summed E-state index contributed by atoms with van der Waals surface area (Å²) >= 11 is 0. The molecule has 418 valence electrons. The fraction of sp³-hybridized carbons (Fsp3) is 0.0135. The number of benzene rings is 10. The Balaban J connectivity index is 1.20. The SMILES string of the molecule is [C-]#[N+]c1cc(C#N)c(-c2ccc3c(c2)c2cc(-c4c(C#N)cc(C#N)cc4[N+]#[C-])ccc2n3-c2ccc(C(F)(F)F)cc2-c2cccc([N+]#[C-])c2-n2c3ccc(-c4c(C#N)cc(C#N)cc4[N+]#[C-])cc3c3cc(-c4c(C#N)cc([N+]#[C-])cc4[N+]#[C-])ccc32)c([N+]#[C-])c1. The molecule has 15 nitrogen and oxygen atoms in total. The van der Waals surface area contributed by atoms with Crippen molar-refractivity contribution in [2.75, 3.05) is 0 Å². The van der Waals surface area contributed by atoms with E-state index in [4.69, 9.17) is 46.0 Å². The van der Waals surface area contributed by atoms with Crippen LogP contribution in [0.25, 0.3) is 145 Å². The monoisotopic (exact) mass is 1180 g/mol. The average molecular weight is 1180 g/mol. The predicted molar refractivity (Wildman–Crippen MR) is 339 cm³/mol. The molecule has 0 fully saturated rings. The van der Waals surface area contributed by atoms with E-state index >= 15 is 13.2 Å². The molecule has 0 aliphatic carbocycles. The van der Waals surface area contributed by atoms with Gasteiger partial charge in [-0.2, -0.15) is 44.7 Å². The molecule has 92 heavy (non-hydrogen) atoms. The van der Waals surface area contributed by atoms with Crippen molar-refractivity contribution in [2.45, 2.75) is 6.18 Å². The number of fused-ring (bicyclic) bond motifs is 6. The summed E-state index contributed by atoms with van der Waals surface area (Å²) in [4.78, 5) is 25.6. The lowest BCUT2D eigenvalue weighted by atomic mass is 9.94. The Kier molecular flexibility index (Phi) is 14.0. The first-order valence-corrected chi connectivity index (χ1v) is 26.9. The van der Waals surface area contributed by atoms with Gasteiger partial charge in [0.25, 0.3) is 0 Å². The fourth-order valence-electron chi connectivity index (χ4n) is 12.0. The molecule has 2 heterocycles. The summed E-state index contributed by atoms with van der Waals surface area (Å²) in [5.41, 5.74) is 3.24. The Bertz CT molecular complexity index is 5560. The predicted octanol–water partition coefficient (Wildman–Crippen LogP) is 20.3. The van der Waals surface area contributed by atoms with Crippen molar-refractivity contribution < 1.29 is 13.2 Å². The van der Waals surface area contributed by atoms with Crippen molar-refractivity contribution in [3.63, 3.8) is 0 Å². The highest BCUT2D eigenvalue weighted by Gasteiger charge is 2.33. The minimum atomic E-state index is -4.94. The molecule has 0 spiro atoms. The zero-order valence-corrected chi connectivity index (χ0v) is 46.9. The van der Waals surface area contributed by atoms with Gasteiger partial charge >= 0.3 is 6.18 Å². The van der Waals surface area contributed by atoms with Crippen molar-refractivity contribution in [3.8, 4) is 103 Å². The van der Waals surface area contributed by atoms with Gasteiger partial charge in [-0.15, -0.1) is 0 Å². The Morgan fingerprint density at radius 1 is 0.337 bits per heavy atom. The molecule has 10 aromatic carbocycles. The van der Waals surface area contributed by atoms with Gasteiger partial charge in [-0.05, 0) is 131 Å². The smallest absolute Gasteiger partial charge is 0.318 e. The van der Waals surface area contributed by atoms with Gasteiger partial charge in [-0.1, -0.05) is 54.6 Å². The van der Waals surface area contributed by atoms with Gasteiger partial charge in [0.15, 0.2) is 34.1 Å². The molecule has 2 aromatic heterocycles. The van der Waals surface area contributed by atoms with Crippen molar-refractivity contribution in [3.05, 3.63) is 277 Å². The maximum Gasteiger partial charge on any atom is 0.416 e. The van der Waals surface area contributed by atoms with Gasteiger partial charge in [0.2, 0.25) is 5.69 Å². The molecule has 0 amide bonds. The number of halogens is 3. The van der Waals surface area contributed by atoms with E-state index in [0.29, 0.717) is 65.9 Å². The number of para-hydroxylation sites is 1. The van der Waals surface area contributed by atoms with Crippen LogP contribution in [0.4, 0.5) is 53.0 Å². The molecule has 18 heteroatoms. The van der Waals surface area contributed by atoms with Crippen LogP contribution in [0.1, 0.15) is 38.9 Å². The van der Waals surface area contributed by atoms with E-state index in [1.54, 1.807) is 88.0 Å². The van der Waals surface area contributed by atoms with Gasteiger partial charge < -0.3 is 9.13 Å². The number of hydrogen-bond donors (Lipinski definition) is 0. The topological polar surface area (TPSA) is 183 Å². The molecule has 0 bridgehead atoms. The van der Waals surface area contributed by atoms with E-state index in [1.807, 2.05) is 12.1 Å². The molecule has 0 aliphatic rings. The molecule has 0 aliphatic heterocycles. The molecule has 0 unspecified atom stereocenters. The molecule has 0 radical (unpaired) electrons. The number of alkyl halides is 3. The van der Waals surface area contributed by atoms with E-state index in [2.05, 4.69) is 58.2 Å². The van der Waals surface area contributed by atoms with Crippen molar-refractivity contribution in [1.82, 2.24) is 9.13 Å². The van der Waals surface area contributed by atoms with Crippen LogP contribution in [-0.2, 0) is 6.18 Å². The first-order valence-electron chi connectivity index (χ1n) is 26.9. The number of aromatic nitrogens is 2. The summed E-state index contributed by atoms with van der Waals surface area (Å²) in [6.07, 6.45) is -4.94. The van der Waals surface area contributed by atoms with Crippen LogP contribution in [-0.4, -0.2) is 9.13 Å². The number of nitrogens with zero attached hydrogens (tertiary/aromatic N) is 15. The molecule has 0 atom stereocenters. The minimum Gasteiger partial charge on any atom is -0.318 e. The van der Waals surface area contributed by atoms with Gasteiger partial charge in [0, 0.05) is 71.6 Å². The van der Waals surface area contributed by atoms with Gasteiger partial charge in [0.1, 0.15) is 0 Å². The third-order valence-electron chi connectivity index (χ3n) is 15.8. The largest absolute Gasteiger partial charge is 0.416 e. The summed E-state index contributed by atoms with van der Waals surface area (Å²) in [7, 11) is 0. The lowest BCUT2D eigenvalue weighted by Gasteiger charge is -2.21. The molecular weight excluding hydrogens is 1160 g/mol. The van der Waals surface area contributed by atoms with Crippen LogP contribution in [0.2, 0.25) is 0 Å². The number of nitriles is 6. The molecule has 0 saturated heterocycles. The Hall–Kier alpha value is -15.0. The summed E-state index contributed by atoms with van der Waals surface area (Å²) in [5, 5.41) is 63.2. The molecular formula is C74H26F3N15. The molecule has 12 aromatic rings. The second-order valence-corrected chi connectivity index (χ2v) is 20.6. The Morgan fingerprint density at radius 3 is 1.05 bits per heavy atom. The van der Waals surface area contributed by atoms with Crippen LogP contribution in [0.3, 0.4) is 0 Å². The highest BCUT2D eigenvalue weighted by atomic mass is 19.4. The van der Waals surface area contributed by atoms with Gasteiger partial charge in [-0.3, -0.25) is 0 Å². The number of hydrogen-bond acceptors (Lipinski definition) is 6. The van der Waals surface area contributed by atoms with Gasteiger partial charge in [0.05, 0.1) is 133 Å². The molecule has 0 N–H and O–H groups in total. The molecule has 12 rings (SSSR count). The molecule has 0 saturated carbocycles. The second kappa shape index (κ2) is 22.4. The third kappa shape index (κ3) is 9.13. The summed E-state index contributed by atoms with van der Waals surface area (Å²) in [6.45, 7) is 56.6. The first-order chi connectivity index (χ1) is 44.6. The van der Waals surface area contributed by atoms with Crippen LogP contribution < -0.4 is 0 Å². The van der Waals surface area contributed by atoms with Crippen LogP contribution in [0, 0.1) is 114 Å². The van der Waals surface area contributed by atoms with E-state index in [9.17, 15) is 31.6 Å². The first kappa shape index (κ1) is 57.4. The quantitative estimate of drug-likeness (QED) is 0.143. The summed E-state index contributed by atoms with van der Waals surface area (Å²) < 4.78 is 50.0. The Labute approximate surface area is 521 Å². The highest BCUT2D eigenvalue weighted by molar-refractivity contribution is 6.16. The van der Waals surface area contributed by atoms with Crippen molar-refractivity contribution in [2.24, 2.45) is 0 Å².